The first-order valence-corrected chi connectivity index (χ1v) is 21.9. The van der Waals surface area contributed by atoms with Crippen LogP contribution in [0.25, 0.3) is 0 Å². The molecular formula is C39H66N4O8Si. The fourth-order valence-electron chi connectivity index (χ4n) is 6.06. The van der Waals surface area contributed by atoms with E-state index in [4.69, 9.17) is 18.6 Å². The van der Waals surface area contributed by atoms with Crippen molar-refractivity contribution in [2.45, 2.75) is 143 Å². The van der Waals surface area contributed by atoms with Gasteiger partial charge in [-0.15, -0.1) is 0 Å². The van der Waals surface area contributed by atoms with Gasteiger partial charge >= 0.3 is 12.1 Å². The number of hydrogen-bond donors (Lipinski definition) is 1. The van der Waals surface area contributed by atoms with Crippen LogP contribution in [-0.4, -0.2) is 97.6 Å². The standard InChI is InChI=1S/C39H66N4O8Si/c1-37(2,3)50-34(45)25-32(31-16-15-30(26-40-31)48-23-24-49-52(10,11)39(7,8)9)41-35(46)29-13-12-20-43(27-29)33(44)17-14-28-18-21-42(22-19-28)36(47)51-38(4,5)6/h15-16,26,28-29,32H,12-14,17-25,27H2,1-11H3,(H,41,46)/t29-,32?/m1/s1. The Morgan fingerprint density at radius 1 is 0.885 bits per heavy atom. The van der Waals surface area contributed by atoms with Crippen molar-refractivity contribution in [3.63, 3.8) is 0 Å². The predicted octanol–water partition coefficient (Wildman–Crippen LogP) is 7.04. The number of amides is 3. The van der Waals surface area contributed by atoms with Gasteiger partial charge in [0.15, 0.2) is 8.32 Å². The Labute approximate surface area is 313 Å². The van der Waals surface area contributed by atoms with Gasteiger partial charge in [0, 0.05) is 32.6 Å². The van der Waals surface area contributed by atoms with Gasteiger partial charge in [0.1, 0.15) is 23.6 Å². The molecule has 0 saturated carbocycles. The molecule has 0 aliphatic carbocycles. The molecule has 2 fully saturated rings. The second kappa shape index (κ2) is 18.2. The molecule has 1 unspecified atom stereocenters. The summed E-state index contributed by atoms with van der Waals surface area (Å²) in [7, 11) is -1.88. The van der Waals surface area contributed by atoms with Gasteiger partial charge < -0.3 is 33.8 Å². The number of pyridine rings is 1. The zero-order valence-corrected chi connectivity index (χ0v) is 34.8. The number of rotatable bonds is 13. The molecule has 12 nitrogen and oxygen atoms in total. The van der Waals surface area contributed by atoms with E-state index in [1.807, 2.05) is 20.8 Å². The van der Waals surface area contributed by atoms with Crippen LogP contribution in [0.4, 0.5) is 4.79 Å². The van der Waals surface area contributed by atoms with Crippen LogP contribution < -0.4 is 10.1 Å². The lowest BCUT2D eigenvalue weighted by Gasteiger charge is -2.36. The molecule has 0 spiro atoms. The fourth-order valence-corrected chi connectivity index (χ4v) is 7.09. The summed E-state index contributed by atoms with van der Waals surface area (Å²) in [6.45, 7) is 25.1. The third-order valence-electron chi connectivity index (χ3n) is 10.0. The number of nitrogens with one attached hydrogen (secondary N) is 1. The van der Waals surface area contributed by atoms with Crippen molar-refractivity contribution in [2.24, 2.45) is 11.8 Å². The second-order valence-electron chi connectivity index (χ2n) is 17.9. The molecule has 1 aromatic heterocycles. The van der Waals surface area contributed by atoms with Crippen molar-refractivity contribution in [3.8, 4) is 5.75 Å². The SMILES string of the molecule is CC(C)(C)OC(=O)CC(NC(=O)[C@@H]1CCCN(C(=O)CCC2CCN(C(=O)OC(C)(C)C)CC2)C1)c1ccc(OCCO[Si](C)(C)C(C)(C)C)cn1. The minimum Gasteiger partial charge on any atom is -0.490 e. The molecule has 1 aromatic rings. The van der Waals surface area contributed by atoms with Crippen molar-refractivity contribution in [2.75, 3.05) is 39.4 Å². The van der Waals surface area contributed by atoms with Crippen LogP contribution in [-0.2, 0) is 28.3 Å². The van der Waals surface area contributed by atoms with Crippen molar-refractivity contribution < 1.29 is 37.8 Å². The average Bonchev–Trinajstić information content (AvgIpc) is 3.03. The maximum Gasteiger partial charge on any atom is 0.410 e. The Hall–Kier alpha value is -3.19. The summed E-state index contributed by atoms with van der Waals surface area (Å²) >= 11 is 0. The summed E-state index contributed by atoms with van der Waals surface area (Å²) in [5.41, 5.74) is -0.685. The number of nitrogens with zero attached hydrogens (tertiary/aromatic N) is 3. The number of piperidine rings is 2. The van der Waals surface area contributed by atoms with Crippen molar-refractivity contribution in [1.82, 2.24) is 20.1 Å². The highest BCUT2D eigenvalue weighted by Gasteiger charge is 2.37. The predicted molar refractivity (Wildman–Crippen MR) is 203 cm³/mol. The Bertz CT molecular complexity index is 1340. The van der Waals surface area contributed by atoms with Crippen LogP contribution in [0.2, 0.25) is 18.1 Å². The van der Waals surface area contributed by atoms with Gasteiger partial charge in [-0.3, -0.25) is 19.4 Å². The molecule has 2 aliphatic heterocycles. The summed E-state index contributed by atoms with van der Waals surface area (Å²) in [6.07, 6.45) is 5.43. The Morgan fingerprint density at radius 2 is 1.54 bits per heavy atom. The van der Waals surface area contributed by atoms with Gasteiger partial charge in [-0.25, -0.2) is 4.79 Å². The molecule has 52 heavy (non-hydrogen) atoms. The fraction of sp³-hybridized carbons (Fsp3) is 0.769. The van der Waals surface area contributed by atoms with Crippen molar-refractivity contribution in [1.29, 1.82) is 0 Å². The maximum atomic E-state index is 13.7. The topological polar surface area (TPSA) is 137 Å². The molecule has 0 aromatic carbocycles. The van der Waals surface area contributed by atoms with E-state index in [2.05, 4.69) is 44.2 Å². The first kappa shape index (κ1) is 43.2. The molecule has 294 valence electrons. The molecule has 3 heterocycles. The number of ether oxygens (including phenoxy) is 3. The van der Waals surface area contributed by atoms with Crippen LogP contribution in [0.5, 0.6) is 5.75 Å². The first-order chi connectivity index (χ1) is 24.0. The minimum absolute atomic E-state index is 0.0457. The largest absolute Gasteiger partial charge is 0.490 e. The third-order valence-corrected chi connectivity index (χ3v) is 14.6. The molecule has 1 N–H and O–H groups in total. The zero-order valence-electron chi connectivity index (χ0n) is 33.8. The lowest BCUT2D eigenvalue weighted by Crippen LogP contribution is -2.46. The highest BCUT2D eigenvalue weighted by molar-refractivity contribution is 6.74. The van der Waals surface area contributed by atoms with Crippen LogP contribution >= 0.6 is 0 Å². The number of aromatic nitrogens is 1. The highest BCUT2D eigenvalue weighted by atomic mass is 28.4. The molecule has 3 rings (SSSR count). The minimum atomic E-state index is -1.88. The summed E-state index contributed by atoms with van der Waals surface area (Å²) in [5.74, 6) is -0.0886. The summed E-state index contributed by atoms with van der Waals surface area (Å²) < 4.78 is 23.2. The van der Waals surface area contributed by atoms with Gasteiger partial charge in [0.2, 0.25) is 11.8 Å². The number of likely N-dealkylation sites (tertiary alicyclic amines) is 2. The molecule has 3 amide bonds. The number of esters is 1. The molecule has 2 aliphatic rings. The first-order valence-electron chi connectivity index (χ1n) is 19.0. The van der Waals surface area contributed by atoms with Crippen LogP contribution in [0.1, 0.15) is 119 Å². The van der Waals surface area contributed by atoms with Gasteiger partial charge in [0.25, 0.3) is 0 Å². The zero-order chi connectivity index (χ0) is 38.9. The summed E-state index contributed by atoms with van der Waals surface area (Å²) in [6, 6.07) is 2.83. The number of carbonyl (C=O) groups excluding carboxylic acids is 4. The summed E-state index contributed by atoms with van der Waals surface area (Å²) in [4.78, 5) is 60.4. The van der Waals surface area contributed by atoms with Crippen LogP contribution in [0, 0.1) is 11.8 Å². The Balaban J connectivity index is 1.55. The average molecular weight is 747 g/mol. The maximum absolute atomic E-state index is 13.7. The monoisotopic (exact) mass is 746 g/mol. The van der Waals surface area contributed by atoms with E-state index in [0.29, 0.717) is 69.6 Å². The smallest absolute Gasteiger partial charge is 0.410 e. The van der Waals surface area contributed by atoms with E-state index in [1.54, 1.807) is 48.9 Å². The van der Waals surface area contributed by atoms with Gasteiger partial charge in [-0.1, -0.05) is 20.8 Å². The summed E-state index contributed by atoms with van der Waals surface area (Å²) in [5, 5.41) is 3.16. The Morgan fingerprint density at radius 3 is 2.12 bits per heavy atom. The van der Waals surface area contributed by atoms with E-state index in [-0.39, 0.29) is 29.4 Å². The highest BCUT2D eigenvalue weighted by Crippen LogP contribution is 2.36. The Kier molecular flexibility index (Phi) is 15.1. The van der Waals surface area contributed by atoms with Crippen LogP contribution in [0.3, 0.4) is 0 Å². The third kappa shape index (κ3) is 14.3. The normalized spacial score (nSPS) is 18.4. The second-order valence-corrected chi connectivity index (χ2v) is 22.7. The van der Waals surface area contributed by atoms with Crippen LogP contribution in [0.15, 0.2) is 18.3 Å². The molecule has 2 atom stereocenters. The van der Waals surface area contributed by atoms with Gasteiger partial charge in [-0.05, 0) is 110 Å². The van der Waals surface area contributed by atoms with E-state index in [9.17, 15) is 19.2 Å². The molecule has 0 radical (unpaired) electrons. The molecule has 2 saturated heterocycles. The number of hydrogen-bond acceptors (Lipinski definition) is 9. The van der Waals surface area contributed by atoms with Gasteiger partial charge in [0.05, 0.1) is 36.9 Å². The number of carbonyl (C=O) groups is 4. The van der Waals surface area contributed by atoms with E-state index >= 15 is 0 Å². The van der Waals surface area contributed by atoms with E-state index in [0.717, 1.165) is 25.7 Å². The van der Waals surface area contributed by atoms with E-state index < -0.39 is 37.4 Å². The lowest BCUT2D eigenvalue weighted by atomic mass is 9.91. The van der Waals surface area contributed by atoms with Gasteiger partial charge in [-0.2, -0.15) is 0 Å². The quantitative estimate of drug-likeness (QED) is 0.128. The van der Waals surface area contributed by atoms with Crippen molar-refractivity contribution in [3.05, 3.63) is 24.0 Å². The lowest BCUT2D eigenvalue weighted by molar-refractivity contribution is -0.155. The molecule has 0 bridgehead atoms. The molecule has 13 heteroatoms. The molecular weight excluding hydrogens is 681 g/mol. The van der Waals surface area contributed by atoms with Crippen molar-refractivity contribution >= 4 is 32.2 Å². The van der Waals surface area contributed by atoms with E-state index in [1.165, 1.54) is 0 Å².